The average Bonchev–Trinajstić information content (AvgIpc) is 2.51. The summed E-state index contributed by atoms with van der Waals surface area (Å²) in [5.74, 6) is 0.817. The molecule has 90 valence electrons. The van der Waals surface area contributed by atoms with E-state index in [0.717, 1.165) is 19.5 Å². The van der Waals surface area contributed by atoms with E-state index in [4.69, 9.17) is 0 Å². The molecule has 0 aliphatic carbocycles. The van der Waals surface area contributed by atoms with Crippen molar-refractivity contribution in [3.05, 3.63) is 0 Å². The third kappa shape index (κ3) is 3.99. The van der Waals surface area contributed by atoms with Gasteiger partial charge in [-0.3, -0.25) is 4.79 Å². The molecule has 1 fully saturated rings. The van der Waals surface area contributed by atoms with Crippen molar-refractivity contribution in [1.29, 1.82) is 0 Å². The second-order valence-electron chi connectivity index (χ2n) is 4.97. The lowest BCUT2D eigenvalue weighted by Crippen LogP contribution is -2.47. The van der Waals surface area contributed by atoms with Crippen molar-refractivity contribution in [2.75, 3.05) is 13.1 Å². The maximum Gasteiger partial charge on any atom is 0.225 e. The van der Waals surface area contributed by atoms with Gasteiger partial charge in [-0.1, -0.05) is 13.8 Å². The molecule has 1 rings (SSSR count). The van der Waals surface area contributed by atoms with Gasteiger partial charge in [0.05, 0.1) is 5.92 Å². The highest BCUT2D eigenvalue weighted by molar-refractivity contribution is 5.85. The third-order valence-electron chi connectivity index (χ3n) is 3.20. The largest absolute Gasteiger partial charge is 0.351 e. The molecule has 1 aliphatic heterocycles. The van der Waals surface area contributed by atoms with Gasteiger partial charge in [-0.15, -0.1) is 12.4 Å². The molecule has 0 aromatic heterocycles. The first-order valence-electron chi connectivity index (χ1n) is 5.49. The second kappa shape index (κ2) is 5.71. The van der Waals surface area contributed by atoms with Crippen molar-refractivity contribution in [2.24, 2.45) is 11.8 Å². The van der Waals surface area contributed by atoms with Crippen molar-refractivity contribution in [1.82, 2.24) is 10.6 Å². The summed E-state index contributed by atoms with van der Waals surface area (Å²) in [5.41, 5.74) is -0.0700. The molecule has 2 N–H and O–H groups in total. The summed E-state index contributed by atoms with van der Waals surface area (Å²) >= 11 is 0. The number of rotatable bonds is 3. The lowest BCUT2D eigenvalue weighted by Gasteiger charge is -2.27. The summed E-state index contributed by atoms with van der Waals surface area (Å²) in [4.78, 5) is 11.9. The average molecular weight is 235 g/mol. The van der Waals surface area contributed by atoms with E-state index in [1.807, 2.05) is 0 Å². The van der Waals surface area contributed by atoms with Crippen LogP contribution >= 0.6 is 12.4 Å². The normalized spacial score (nSPS) is 25.9. The summed E-state index contributed by atoms with van der Waals surface area (Å²) in [5, 5.41) is 6.35. The van der Waals surface area contributed by atoms with Crippen LogP contribution in [0.5, 0.6) is 0 Å². The molecule has 0 aromatic rings. The Morgan fingerprint density at radius 3 is 2.47 bits per heavy atom. The molecule has 0 unspecified atom stereocenters. The van der Waals surface area contributed by atoms with E-state index in [0.29, 0.717) is 5.92 Å². The molecular formula is C11H23ClN2O. The fourth-order valence-electron chi connectivity index (χ4n) is 1.68. The predicted octanol–water partition coefficient (Wildman–Crippen LogP) is 1.57. The Bertz CT molecular complexity index is 219. The summed E-state index contributed by atoms with van der Waals surface area (Å²) in [6.45, 7) is 10.1. The number of carbonyl (C=O) groups excluding carboxylic acids is 1. The van der Waals surface area contributed by atoms with Gasteiger partial charge in [-0.2, -0.15) is 0 Å². The van der Waals surface area contributed by atoms with Crippen molar-refractivity contribution < 1.29 is 4.79 Å². The van der Waals surface area contributed by atoms with E-state index in [-0.39, 0.29) is 29.8 Å². The zero-order chi connectivity index (χ0) is 10.8. The molecule has 2 atom stereocenters. The monoisotopic (exact) mass is 234 g/mol. The van der Waals surface area contributed by atoms with E-state index >= 15 is 0 Å². The van der Waals surface area contributed by atoms with Gasteiger partial charge in [0.1, 0.15) is 0 Å². The van der Waals surface area contributed by atoms with Gasteiger partial charge in [0.15, 0.2) is 0 Å². The van der Waals surface area contributed by atoms with Crippen LogP contribution in [-0.2, 0) is 4.79 Å². The molecule has 4 heteroatoms. The molecular weight excluding hydrogens is 212 g/mol. The van der Waals surface area contributed by atoms with Gasteiger partial charge in [0, 0.05) is 12.1 Å². The van der Waals surface area contributed by atoms with Crippen LogP contribution in [0.2, 0.25) is 0 Å². The minimum absolute atomic E-state index is 0. The van der Waals surface area contributed by atoms with Crippen molar-refractivity contribution in [2.45, 2.75) is 39.7 Å². The van der Waals surface area contributed by atoms with Gasteiger partial charge in [-0.25, -0.2) is 0 Å². The van der Waals surface area contributed by atoms with Gasteiger partial charge >= 0.3 is 0 Å². The molecule has 1 aliphatic rings. The summed E-state index contributed by atoms with van der Waals surface area (Å²) < 4.78 is 0. The molecule has 3 nitrogen and oxygen atoms in total. The SMILES string of the molecule is CCC(C)(C)NC(=O)[C@@H]1CNC[C@H]1C.Cl. The Kier molecular flexibility index (Phi) is 5.60. The summed E-state index contributed by atoms with van der Waals surface area (Å²) in [6, 6.07) is 0. The first-order chi connectivity index (χ1) is 6.46. The highest BCUT2D eigenvalue weighted by Crippen LogP contribution is 2.17. The zero-order valence-corrected chi connectivity index (χ0v) is 10.9. The first-order valence-corrected chi connectivity index (χ1v) is 5.49. The van der Waals surface area contributed by atoms with E-state index in [1.165, 1.54) is 0 Å². The van der Waals surface area contributed by atoms with Crippen molar-refractivity contribution in [3.63, 3.8) is 0 Å². The quantitative estimate of drug-likeness (QED) is 0.779. The van der Waals surface area contributed by atoms with E-state index in [1.54, 1.807) is 0 Å². The minimum Gasteiger partial charge on any atom is -0.351 e. The summed E-state index contributed by atoms with van der Waals surface area (Å²) in [6.07, 6.45) is 0.966. The Balaban J connectivity index is 0.00000196. The molecule has 0 radical (unpaired) electrons. The van der Waals surface area contributed by atoms with Crippen LogP contribution in [0.3, 0.4) is 0 Å². The first kappa shape index (κ1) is 14.7. The van der Waals surface area contributed by atoms with E-state index < -0.39 is 0 Å². The van der Waals surface area contributed by atoms with Crippen LogP contribution in [0.1, 0.15) is 34.1 Å². The van der Waals surface area contributed by atoms with Crippen molar-refractivity contribution in [3.8, 4) is 0 Å². The van der Waals surface area contributed by atoms with Gasteiger partial charge < -0.3 is 10.6 Å². The number of amides is 1. The van der Waals surface area contributed by atoms with Crippen LogP contribution in [-0.4, -0.2) is 24.5 Å². The number of carbonyl (C=O) groups is 1. The molecule has 1 amide bonds. The van der Waals surface area contributed by atoms with Gasteiger partial charge in [0.25, 0.3) is 0 Å². The molecule has 1 saturated heterocycles. The molecule has 1 heterocycles. The predicted molar refractivity (Wildman–Crippen MR) is 65.3 cm³/mol. The molecule has 15 heavy (non-hydrogen) atoms. The topological polar surface area (TPSA) is 41.1 Å². The maximum absolute atomic E-state index is 11.9. The Morgan fingerprint density at radius 1 is 1.47 bits per heavy atom. The number of nitrogens with one attached hydrogen (secondary N) is 2. The lowest BCUT2D eigenvalue weighted by atomic mass is 9.94. The van der Waals surface area contributed by atoms with Crippen LogP contribution in [0.15, 0.2) is 0 Å². The molecule has 0 bridgehead atoms. The highest BCUT2D eigenvalue weighted by atomic mass is 35.5. The number of hydrogen-bond acceptors (Lipinski definition) is 2. The third-order valence-corrected chi connectivity index (χ3v) is 3.20. The standard InChI is InChI=1S/C11H22N2O.ClH/c1-5-11(3,4)13-10(14)9-7-12-6-8(9)2;/h8-9,12H,5-7H2,1-4H3,(H,13,14);1H/t8-,9-;/m1./s1. The molecule has 0 spiro atoms. The maximum atomic E-state index is 11.9. The van der Waals surface area contributed by atoms with E-state index in [2.05, 4.69) is 38.3 Å². The highest BCUT2D eigenvalue weighted by Gasteiger charge is 2.31. The van der Waals surface area contributed by atoms with Crippen molar-refractivity contribution >= 4 is 18.3 Å². The fourth-order valence-corrected chi connectivity index (χ4v) is 1.68. The van der Waals surface area contributed by atoms with Gasteiger partial charge in [-0.05, 0) is 32.7 Å². The minimum atomic E-state index is -0.0700. The smallest absolute Gasteiger partial charge is 0.225 e. The van der Waals surface area contributed by atoms with Crippen LogP contribution in [0.4, 0.5) is 0 Å². The van der Waals surface area contributed by atoms with Crippen LogP contribution in [0, 0.1) is 11.8 Å². The number of halogens is 1. The Hall–Kier alpha value is -0.280. The Morgan fingerprint density at radius 2 is 2.07 bits per heavy atom. The lowest BCUT2D eigenvalue weighted by molar-refractivity contribution is -0.127. The summed E-state index contributed by atoms with van der Waals surface area (Å²) in [7, 11) is 0. The second-order valence-corrected chi connectivity index (χ2v) is 4.97. The Labute approximate surface area is 98.8 Å². The fraction of sp³-hybridized carbons (Fsp3) is 0.909. The van der Waals surface area contributed by atoms with Crippen LogP contribution in [0.25, 0.3) is 0 Å². The number of hydrogen-bond donors (Lipinski definition) is 2. The van der Waals surface area contributed by atoms with E-state index in [9.17, 15) is 4.79 Å². The van der Waals surface area contributed by atoms with Gasteiger partial charge in [0.2, 0.25) is 5.91 Å². The van der Waals surface area contributed by atoms with Crippen LogP contribution < -0.4 is 10.6 Å². The molecule has 0 saturated carbocycles. The zero-order valence-electron chi connectivity index (χ0n) is 10.1. The molecule has 0 aromatic carbocycles.